The minimum Gasteiger partial charge on any atom is -0.494 e. The lowest BCUT2D eigenvalue weighted by Crippen LogP contribution is -2.40. The van der Waals surface area contributed by atoms with Gasteiger partial charge in [-0.05, 0) is 20.8 Å². The maximum Gasteiger partial charge on any atom is 0.121 e. The highest BCUT2D eigenvalue weighted by molar-refractivity contribution is 5.14. The maximum absolute atomic E-state index is 5.37. The molecule has 2 heterocycles. The van der Waals surface area contributed by atoms with Crippen LogP contribution in [-0.4, -0.2) is 23.1 Å². The molecule has 2 nitrogen and oxygen atoms in total. The number of likely N-dealkylation sites (tertiary alicyclic amines) is 1. The van der Waals surface area contributed by atoms with E-state index in [0.717, 1.165) is 13.0 Å². The summed E-state index contributed by atoms with van der Waals surface area (Å²) in [4.78, 5) is 2.43. The zero-order chi connectivity index (χ0) is 8.06. The van der Waals surface area contributed by atoms with Gasteiger partial charge in [0.05, 0.1) is 12.2 Å². The van der Waals surface area contributed by atoms with Crippen LogP contribution in [0.4, 0.5) is 0 Å². The van der Waals surface area contributed by atoms with Gasteiger partial charge in [-0.15, -0.1) is 0 Å². The molecule has 0 N–H and O–H groups in total. The van der Waals surface area contributed by atoms with Crippen LogP contribution >= 0.6 is 0 Å². The zero-order valence-electron chi connectivity index (χ0n) is 7.42. The highest BCUT2D eigenvalue weighted by Gasteiger charge is 2.37. The largest absolute Gasteiger partial charge is 0.494 e. The lowest BCUT2D eigenvalue weighted by atomic mass is 10.1. The van der Waals surface area contributed by atoms with Crippen LogP contribution in [0, 0.1) is 0 Å². The van der Waals surface area contributed by atoms with Crippen LogP contribution < -0.4 is 0 Å². The monoisotopic (exact) mass is 153 g/mol. The Morgan fingerprint density at radius 2 is 2.27 bits per heavy atom. The average Bonchev–Trinajstić information content (AvgIpc) is 2.42. The van der Waals surface area contributed by atoms with Crippen LogP contribution in [0.1, 0.15) is 27.2 Å². The molecule has 1 saturated heterocycles. The molecule has 1 fully saturated rings. The topological polar surface area (TPSA) is 12.5 Å². The average molecular weight is 153 g/mol. The Labute approximate surface area is 67.8 Å². The molecule has 11 heavy (non-hydrogen) atoms. The molecule has 0 aromatic rings. The summed E-state index contributed by atoms with van der Waals surface area (Å²) in [5, 5.41) is 0. The fraction of sp³-hybridized carbons (Fsp3) is 0.778. The third-order valence-electron chi connectivity index (χ3n) is 2.38. The number of nitrogens with zero attached hydrogens (tertiary/aromatic N) is 1. The first-order chi connectivity index (χ1) is 5.07. The van der Waals surface area contributed by atoms with Gasteiger partial charge >= 0.3 is 0 Å². The van der Waals surface area contributed by atoms with Gasteiger partial charge < -0.3 is 9.64 Å². The maximum atomic E-state index is 5.37. The van der Waals surface area contributed by atoms with Gasteiger partial charge in [-0.3, -0.25) is 0 Å². The first-order valence-corrected chi connectivity index (χ1v) is 4.19. The summed E-state index contributed by atoms with van der Waals surface area (Å²) in [5.41, 5.74) is 1.65. The van der Waals surface area contributed by atoms with Gasteiger partial charge in [-0.2, -0.15) is 0 Å². The van der Waals surface area contributed by atoms with E-state index < -0.39 is 0 Å². The Morgan fingerprint density at radius 3 is 2.55 bits per heavy atom. The van der Waals surface area contributed by atoms with E-state index in [1.807, 2.05) is 6.26 Å². The van der Waals surface area contributed by atoms with Gasteiger partial charge in [-0.1, -0.05) is 0 Å². The molecule has 62 valence electrons. The van der Waals surface area contributed by atoms with E-state index in [1.54, 1.807) is 0 Å². The van der Waals surface area contributed by atoms with Gasteiger partial charge in [0.1, 0.15) is 12.4 Å². The molecular formula is C9H15NO. The molecule has 0 aromatic carbocycles. The highest BCUT2D eigenvalue weighted by Crippen LogP contribution is 2.35. The third-order valence-corrected chi connectivity index (χ3v) is 2.38. The molecule has 0 spiro atoms. The Balaban J connectivity index is 2.19. The zero-order valence-corrected chi connectivity index (χ0v) is 7.42. The van der Waals surface area contributed by atoms with Crippen LogP contribution in [-0.2, 0) is 4.74 Å². The number of rotatable bonds is 0. The van der Waals surface area contributed by atoms with Gasteiger partial charge in [-0.25, -0.2) is 0 Å². The van der Waals surface area contributed by atoms with Crippen LogP contribution in [0.2, 0.25) is 0 Å². The molecule has 0 saturated carbocycles. The van der Waals surface area contributed by atoms with Crippen molar-refractivity contribution in [2.75, 3.05) is 6.54 Å². The smallest absolute Gasteiger partial charge is 0.121 e. The summed E-state index contributed by atoms with van der Waals surface area (Å²) in [5.74, 6) is 0. The first kappa shape index (κ1) is 7.01. The standard InChI is InChI=1S/C9H15NO/c1-9(2,3)10-5-8-4-7(10)6-11-8/h6,8H,4-5H2,1-3H3/t8-/m1/s1. The van der Waals surface area contributed by atoms with E-state index in [0.29, 0.717) is 6.10 Å². The predicted molar refractivity (Wildman–Crippen MR) is 44.0 cm³/mol. The summed E-state index contributed by atoms with van der Waals surface area (Å²) >= 11 is 0. The summed E-state index contributed by atoms with van der Waals surface area (Å²) in [6.45, 7) is 7.81. The van der Waals surface area contributed by atoms with Crippen LogP contribution in [0.5, 0.6) is 0 Å². The molecular weight excluding hydrogens is 138 g/mol. The molecule has 0 aliphatic carbocycles. The molecule has 2 aliphatic rings. The molecule has 0 amide bonds. The lowest BCUT2D eigenvalue weighted by Gasteiger charge is -2.36. The molecule has 2 heteroatoms. The third kappa shape index (κ3) is 1.01. The van der Waals surface area contributed by atoms with Crippen molar-refractivity contribution in [3.05, 3.63) is 12.0 Å². The van der Waals surface area contributed by atoms with Crippen molar-refractivity contribution < 1.29 is 4.74 Å². The lowest BCUT2D eigenvalue weighted by molar-refractivity contribution is 0.0992. The number of hydrogen-bond donors (Lipinski definition) is 0. The minimum atomic E-state index is 0.268. The Kier molecular flexibility index (Phi) is 1.23. The molecule has 2 rings (SSSR count). The summed E-state index contributed by atoms with van der Waals surface area (Å²) < 4.78 is 5.37. The molecule has 0 unspecified atom stereocenters. The summed E-state index contributed by atoms with van der Waals surface area (Å²) in [7, 11) is 0. The molecule has 2 bridgehead atoms. The van der Waals surface area contributed by atoms with Crippen LogP contribution in [0.15, 0.2) is 12.0 Å². The molecule has 1 atom stereocenters. The SMILES string of the molecule is CC(C)(C)N1C[C@H]2CC1=CO2. The van der Waals surface area contributed by atoms with E-state index >= 15 is 0 Å². The quantitative estimate of drug-likeness (QED) is 0.525. The molecule has 0 radical (unpaired) electrons. The molecule has 2 aliphatic heterocycles. The highest BCUT2D eigenvalue weighted by atomic mass is 16.5. The Morgan fingerprint density at radius 1 is 1.55 bits per heavy atom. The Bertz CT molecular complexity index is 202. The van der Waals surface area contributed by atoms with Crippen LogP contribution in [0.25, 0.3) is 0 Å². The van der Waals surface area contributed by atoms with Crippen molar-refractivity contribution in [1.29, 1.82) is 0 Å². The fourth-order valence-electron chi connectivity index (χ4n) is 1.81. The van der Waals surface area contributed by atoms with Crippen molar-refractivity contribution in [3.63, 3.8) is 0 Å². The Hall–Kier alpha value is -0.660. The fourth-order valence-corrected chi connectivity index (χ4v) is 1.81. The van der Waals surface area contributed by atoms with Crippen LogP contribution in [0.3, 0.4) is 0 Å². The van der Waals surface area contributed by atoms with E-state index in [4.69, 9.17) is 4.74 Å². The van der Waals surface area contributed by atoms with E-state index in [1.165, 1.54) is 5.70 Å². The van der Waals surface area contributed by atoms with E-state index in [-0.39, 0.29) is 5.54 Å². The second-order valence-corrected chi connectivity index (χ2v) is 4.35. The van der Waals surface area contributed by atoms with Crippen molar-refractivity contribution in [2.24, 2.45) is 0 Å². The summed E-state index contributed by atoms with van der Waals surface area (Å²) in [6.07, 6.45) is 3.49. The van der Waals surface area contributed by atoms with Gasteiger partial charge in [0.15, 0.2) is 0 Å². The van der Waals surface area contributed by atoms with E-state index in [9.17, 15) is 0 Å². The number of fused-ring (bicyclic) bond motifs is 2. The van der Waals surface area contributed by atoms with Crippen molar-refractivity contribution in [1.82, 2.24) is 4.90 Å². The number of ether oxygens (including phenoxy) is 1. The normalized spacial score (nSPS) is 28.8. The van der Waals surface area contributed by atoms with Crippen molar-refractivity contribution >= 4 is 0 Å². The molecule has 0 aromatic heterocycles. The van der Waals surface area contributed by atoms with Crippen molar-refractivity contribution in [2.45, 2.75) is 38.8 Å². The summed E-state index contributed by atoms with van der Waals surface area (Å²) in [6, 6.07) is 0. The van der Waals surface area contributed by atoms with Gasteiger partial charge in [0.25, 0.3) is 0 Å². The van der Waals surface area contributed by atoms with Crippen molar-refractivity contribution in [3.8, 4) is 0 Å². The minimum absolute atomic E-state index is 0.268. The predicted octanol–water partition coefficient (Wildman–Crippen LogP) is 1.73. The van der Waals surface area contributed by atoms with Gasteiger partial charge in [0.2, 0.25) is 0 Å². The van der Waals surface area contributed by atoms with E-state index in [2.05, 4.69) is 25.7 Å². The second kappa shape index (κ2) is 1.93. The van der Waals surface area contributed by atoms with Gasteiger partial charge in [0, 0.05) is 12.0 Å². The second-order valence-electron chi connectivity index (χ2n) is 4.35. The number of hydrogen-bond acceptors (Lipinski definition) is 2. The first-order valence-electron chi connectivity index (χ1n) is 4.19.